The number of hydrogen-bond acceptors (Lipinski definition) is 5. The van der Waals surface area contributed by atoms with Gasteiger partial charge in [0, 0.05) is 12.6 Å². The number of aliphatic hydroxyl groups excluding tert-OH is 1. The number of Topliss-reactive ketones (excluding diaryl/α,β-unsaturated/α-hetero) is 1. The molecule has 26 heavy (non-hydrogen) atoms. The number of aliphatic hydroxyl groups is 1. The van der Waals surface area contributed by atoms with Gasteiger partial charge >= 0.3 is 0 Å². The molecular formula is C21H22N2O3. The van der Waals surface area contributed by atoms with Crippen molar-refractivity contribution in [2.45, 2.75) is 38.2 Å². The minimum atomic E-state index is -0.384. The maximum Gasteiger partial charge on any atom is 0.263 e. The first-order valence-corrected chi connectivity index (χ1v) is 8.85. The van der Waals surface area contributed by atoms with Crippen molar-refractivity contribution in [1.29, 1.82) is 0 Å². The second-order valence-corrected chi connectivity index (χ2v) is 6.26. The summed E-state index contributed by atoms with van der Waals surface area (Å²) in [6, 6.07) is 15.4. The SMILES string of the molecule is O=C(CCCCC(O)Cc1ccccc1)c1ncc(-c2ccccn2)o1. The molecule has 0 spiro atoms. The molecule has 1 unspecified atom stereocenters. The van der Waals surface area contributed by atoms with Crippen LogP contribution in [0.4, 0.5) is 0 Å². The molecule has 0 saturated heterocycles. The molecular weight excluding hydrogens is 328 g/mol. The van der Waals surface area contributed by atoms with E-state index < -0.39 is 0 Å². The number of rotatable bonds is 9. The number of oxazole rings is 1. The van der Waals surface area contributed by atoms with Gasteiger partial charge < -0.3 is 9.52 Å². The van der Waals surface area contributed by atoms with Gasteiger partial charge in [0.05, 0.1) is 12.3 Å². The molecule has 0 bridgehead atoms. The monoisotopic (exact) mass is 350 g/mol. The summed E-state index contributed by atoms with van der Waals surface area (Å²) in [4.78, 5) is 20.4. The maximum absolute atomic E-state index is 12.2. The van der Waals surface area contributed by atoms with E-state index in [0.717, 1.165) is 12.0 Å². The first-order chi connectivity index (χ1) is 12.7. The van der Waals surface area contributed by atoms with Crippen molar-refractivity contribution in [3.8, 4) is 11.5 Å². The largest absolute Gasteiger partial charge is 0.432 e. The fourth-order valence-corrected chi connectivity index (χ4v) is 2.79. The Morgan fingerprint density at radius 1 is 1.04 bits per heavy atom. The number of hydrogen-bond donors (Lipinski definition) is 1. The van der Waals surface area contributed by atoms with Crippen molar-refractivity contribution in [3.63, 3.8) is 0 Å². The van der Waals surface area contributed by atoms with Crippen LogP contribution < -0.4 is 0 Å². The van der Waals surface area contributed by atoms with Crippen LogP contribution in [0, 0.1) is 0 Å². The Hall–Kier alpha value is -2.79. The highest BCUT2D eigenvalue weighted by atomic mass is 16.4. The van der Waals surface area contributed by atoms with E-state index in [0.29, 0.717) is 37.1 Å². The van der Waals surface area contributed by atoms with E-state index in [1.165, 1.54) is 6.20 Å². The number of benzene rings is 1. The lowest BCUT2D eigenvalue weighted by Gasteiger charge is -2.10. The molecule has 0 radical (unpaired) electrons. The molecule has 1 atom stereocenters. The van der Waals surface area contributed by atoms with Gasteiger partial charge in [-0.3, -0.25) is 9.78 Å². The van der Waals surface area contributed by atoms with Gasteiger partial charge in [0.2, 0.25) is 5.78 Å². The van der Waals surface area contributed by atoms with Crippen molar-refractivity contribution >= 4 is 5.78 Å². The van der Waals surface area contributed by atoms with Crippen LogP contribution in [0.3, 0.4) is 0 Å². The molecule has 2 aromatic heterocycles. The van der Waals surface area contributed by atoms with Gasteiger partial charge in [-0.15, -0.1) is 0 Å². The second kappa shape index (κ2) is 9.06. The number of carbonyl (C=O) groups excluding carboxylic acids is 1. The van der Waals surface area contributed by atoms with Gasteiger partial charge in [0.25, 0.3) is 5.89 Å². The summed E-state index contributed by atoms with van der Waals surface area (Å²) in [5, 5.41) is 10.1. The third-order valence-electron chi connectivity index (χ3n) is 4.17. The molecule has 0 aliphatic heterocycles. The minimum Gasteiger partial charge on any atom is -0.432 e. The van der Waals surface area contributed by atoms with Crippen molar-refractivity contribution in [2.24, 2.45) is 0 Å². The zero-order valence-electron chi connectivity index (χ0n) is 14.5. The molecule has 5 heteroatoms. The molecule has 5 nitrogen and oxygen atoms in total. The molecule has 3 aromatic rings. The second-order valence-electron chi connectivity index (χ2n) is 6.26. The zero-order chi connectivity index (χ0) is 18.2. The number of ketones is 1. The van der Waals surface area contributed by atoms with Gasteiger partial charge in [0.1, 0.15) is 5.69 Å². The predicted molar refractivity (Wildman–Crippen MR) is 98.7 cm³/mol. The van der Waals surface area contributed by atoms with Gasteiger partial charge in [-0.25, -0.2) is 4.98 Å². The van der Waals surface area contributed by atoms with Crippen molar-refractivity contribution in [3.05, 3.63) is 72.4 Å². The molecule has 0 saturated carbocycles. The third-order valence-corrected chi connectivity index (χ3v) is 4.17. The van der Waals surface area contributed by atoms with Crippen molar-refractivity contribution < 1.29 is 14.3 Å². The highest BCUT2D eigenvalue weighted by molar-refractivity contribution is 5.91. The molecule has 0 fully saturated rings. The lowest BCUT2D eigenvalue weighted by Crippen LogP contribution is -2.10. The summed E-state index contributed by atoms with van der Waals surface area (Å²) in [7, 11) is 0. The Morgan fingerprint density at radius 2 is 1.85 bits per heavy atom. The third kappa shape index (κ3) is 5.10. The summed E-state index contributed by atoms with van der Waals surface area (Å²) in [6.07, 6.45) is 5.97. The average Bonchev–Trinajstić information content (AvgIpc) is 3.17. The van der Waals surface area contributed by atoms with E-state index in [1.54, 1.807) is 6.20 Å². The first kappa shape index (κ1) is 18.0. The minimum absolute atomic E-state index is 0.121. The fourth-order valence-electron chi connectivity index (χ4n) is 2.79. The van der Waals surface area contributed by atoms with Crippen LogP contribution in [-0.2, 0) is 6.42 Å². The molecule has 0 amide bonds. The molecule has 0 aliphatic rings. The van der Waals surface area contributed by atoms with Gasteiger partial charge in [-0.1, -0.05) is 42.8 Å². The summed E-state index contributed by atoms with van der Waals surface area (Å²) in [6.45, 7) is 0. The number of carbonyl (C=O) groups is 1. The summed E-state index contributed by atoms with van der Waals surface area (Å²) >= 11 is 0. The lowest BCUT2D eigenvalue weighted by atomic mass is 10.0. The van der Waals surface area contributed by atoms with Crippen LogP contribution in [-0.4, -0.2) is 27.0 Å². The Bertz CT molecular complexity index is 816. The van der Waals surface area contributed by atoms with E-state index in [9.17, 15) is 9.90 Å². The van der Waals surface area contributed by atoms with E-state index in [1.807, 2.05) is 48.5 Å². The zero-order valence-corrected chi connectivity index (χ0v) is 14.5. The Morgan fingerprint density at radius 3 is 2.62 bits per heavy atom. The van der Waals surface area contributed by atoms with E-state index in [2.05, 4.69) is 9.97 Å². The van der Waals surface area contributed by atoms with Crippen molar-refractivity contribution in [1.82, 2.24) is 9.97 Å². The first-order valence-electron chi connectivity index (χ1n) is 8.85. The fraction of sp³-hybridized carbons (Fsp3) is 0.286. The quantitative estimate of drug-likeness (QED) is 0.465. The lowest BCUT2D eigenvalue weighted by molar-refractivity contribution is 0.0942. The van der Waals surface area contributed by atoms with Gasteiger partial charge in [-0.05, 0) is 37.0 Å². The van der Waals surface area contributed by atoms with E-state index >= 15 is 0 Å². The summed E-state index contributed by atoms with van der Waals surface area (Å²) < 4.78 is 5.52. The van der Waals surface area contributed by atoms with Gasteiger partial charge in [0.15, 0.2) is 5.76 Å². The van der Waals surface area contributed by atoms with Crippen LogP contribution in [0.25, 0.3) is 11.5 Å². The Kier molecular flexibility index (Phi) is 6.28. The summed E-state index contributed by atoms with van der Waals surface area (Å²) in [5.74, 6) is 0.493. The standard InChI is InChI=1S/C21H22N2O3/c24-17(14-16-8-2-1-3-9-16)10-4-5-12-19(25)21-23-15-20(26-21)18-11-6-7-13-22-18/h1-3,6-9,11,13,15,17,24H,4-5,10,12,14H2. The van der Waals surface area contributed by atoms with Gasteiger partial charge in [-0.2, -0.15) is 0 Å². The van der Waals surface area contributed by atoms with Crippen LogP contribution in [0.2, 0.25) is 0 Å². The Labute approximate surface area is 152 Å². The van der Waals surface area contributed by atoms with Crippen LogP contribution in [0.1, 0.15) is 41.9 Å². The average molecular weight is 350 g/mol. The molecule has 1 aromatic carbocycles. The smallest absolute Gasteiger partial charge is 0.263 e. The Balaban J connectivity index is 1.41. The summed E-state index contributed by atoms with van der Waals surface area (Å²) in [5.41, 5.74) is 1.78. The highest BCUT2D eigenvalue weighted by Crippen LogP contribution is 2.19. The predicted octanol–water partition coefficient (Wildman–Crippen LogP) is 4.08. The van der Waals surface area contributed by atoms with E-state index in [-0.39, 0.29) is 17.8 Å². The maximum atomic E-state index is 12.2. The van der Waals surface area contributed by atoms with E-state index in [4.69, 9.17) is 4.42 Å². The molecule has 2 heterocycles. The topological polar surface area (TPSA) is 76.2 Å². The van der Waals surface area contributed by atoms with Crippen LogP contribution in [0.5, 0.6) is 0 Å². The normalized spacial score (nSPS) is 12.0. The van der Waals surface area contributed by atoms with Crippen LogP contribution in [0.15, 0.2) is 65.3 Å². The number of pyridine rings is 1. The van der Waals surface area contributed by atoms with Crippen LogP contribution >= 0.6 is 0 Å². The molecule has 134 valence electrons. The number of aromatic nitrogens is 2. The highest BCUT2D eigenvalue weighted by Gasteiger charge is 2.15. The number of nitrogens with zero attached hydrogens (tertiary/aromatic N) is 2. The number of unbranched alkanes of at least 4 members (excludes halogenated alkanes) is 1. The van der Waals surface area contributed by atoms with Crippen molar-refractivity contribution in [2.75, 3.05) is 0 Å². The molecule has 3 rings (SSSR count). The molecule has 0 aliphatic carbocycles. The molecule has 1 N–H and O–H groups in total.